The van der Waals surface area contributed by atoms with Crippen molar-refractivity contribution in [3.05, 3.63) is 22.3 Å². The van der Waals surface area contributed by atoms with Gasteiger partial charge in [0.25, 0.3) is 0 Å². The molecule has 3 nitrogen and oxygen atoms in total. The van der Waals surface area contributed by atoms with Crippen LogP contribution < -0.4 is 5.32 Å². The molecule has 0 aromatic carbocycles. The van der Waals surface area contributed by atoms with Gasteiger partial charge in [-0.05, 0) is 5.92 Å². The van der Waals surface area contributed by atoms with Crippen LogP contribution in [-0.4, -0.2) is 16.0 Å². The second kappa shape index (κ2) is 5.91. The molecular weight excluding hydrogens is 262 g/mol. The lowest BCUT2D eigenvalue weighted by molar-refractivity contribution is 0.588. The second-order valence-electron chi connectivity index (χ2n) is 4.88. The minimum absolute atomic E-state index is 0.465. The van der Waals surface area contributed by atoms with Crippen LogP contribution in [0.3, 0.4) is 0 Å². The van der Waals surface area contributed by atoms with E-state index in [0.717, 1.165) is 16.4 Å². The lowest BCUT2D eigenvalue weighted by Crippen LogP contribution is -2.22. The van der Waals surface area contributed by atoms with E-state index < -0.39 is 0 Å². The third-order valence-corrected chi connectivity index (χ3v) is 4.60. The van der Waals surface area contributed by atoms with Gasteiger partial charge in [-0.3, -0.25) is 4.98 Å². The summed E-state index contributed by atoms with van der Waals surface area (Å²) in [5.74, 6) is 0.465. The average Bonchev–Trinajstić information content (AvgIpc) is 2.94. The van der Waals surface area contributed by atoms with E-state index in [4.69, 9.17) is 4.98 Å². The molecule has 0 amide bonds. The van der Waals surface area contributed by atoms with Gasteiger partial charge in [-0.2, -0.15) is 0 Å². The first-order chi connectivity index (χ1) is 8.58. The minimum Gasteiger partial charge on any atom is -0.310 e. The van der Waals surface area contributed by atoms with Gasteiger partial charge in [-0.1, -0.05) is 27.7 Å². The highest BCUT2D eigenvalue weighted by Gasteiger charge is 2.16. The van der Waals surface area contributed by atoms with E-state index >= 15 is 0 Å². The minimum atomic E-state index is 0.465. The normalized spacial score (nSPS) is 11.7. The van der Waals surface area contributed by atoms with Gasteiger partial charge in [-0.25, -0.2) is 4.98 Å². The molecule has 5 heteroatoms. The van der Waals surface area contributed by atoms with Crippen molar-refractivity contribution in [1.82, 2.24) is 15.3 Å². The first-order valence-electron chi connectivity index (χ1n) is 6.19. The molecule has 0 atom stereocenters. The standard InChI is InChI=1S/C13H19N3S2/c1-8(2)12-10(6-15-9(3)4)18-13(16-12)11-5-14-7-17-11/h5,7-9,15H,6H2,1-4H3. The molecule has 0 radical (unpaired) electrons. The molecule has 0 aliphatic carbocycles. The molecule has 0 aliphatic rings. The number of aromatic nitrogens is 2. The maximum atomic E-state index is 4.78. The fraction of sp³-hybridized carbons (Fsp3) is 0.538. The van der Waals surface area contributed by atoms with Gasteiger partial charge >= 0.3 is 0 Å². The SMILES string of the molecule is CC(C)NCc1sc(-c2cncs2)nc1C(C)C. The van der Waals surface area contributed by atoms with Gasteiger partial charge < -0.3 is 5.32 Å². The third-order valence-electron chi connectivity index (χ3n) is 2.59. The summed E-state index contributed by atoms with van der Waals surface area (Å²) < 4.78 is 0. The van der Waals surface area contributed by atoms with E-state index in [1.54, 1.807) is 22.7 Å². The molecule has 0 aliphatic heterocycles. The van der Waals surface area contributed by atoms with Crippen LogP contribution in [0.25, 0.3) is 9.88 Å². The Hall–Kier alpha value is -0.780. The first kappa shape index (κ1) is 13.6. The van der Waals surface area contributed by atoms with Crippen molar-refractivity contribution in [2.45, 2.75) is 46.2 Å². The molecule has 0 unspecified atom stereocenters. The summed E-state index contributed by atoms with van der Waals surface area (Å²) in [5.41, 5.74) is 3.08. The van der Waals surface area contributed by atoms with Crippen LogP contribution in [0.15, 0.2) is 11.7 Å². The Morgan fingerprint density at radius 3 is 2.61 bits per heavy atom. The highest BCUT2D eigenvalue weighted by Crippen LogP contribution is 2.33. The number of hydrogen-bond acceptors (Lipinski definition) is 5. The molecule has 2 rings (SSSR count). The van der Waals surface area contributed by atoms with E-state index in [-0.39, 0.29) is 0 Å². The predicted molar refractivity (Wildman–Crippen MR) is 79.3 cm³/mol. The van der Waals surface area contributed by atoms with Crippen LogP contribution in [0.2, 0.25) is 0 Å². The Morgan fingerprint density at radius 2 is 2.06 bits per heavy atom. The van der Waals surface area contributed by atoms with E-state index in [9.17, 15) is 0 Å². The molecule has 98 valence electrons. The summed E-state index contributed by atoms with van der Waals surface area (Å²) in [7, 11) is 0. The van der Waals surface area contributed by atoms with Gasteiger partial charge in [0.15, 0.2) is 0 Å². The summed E-state index contributed by atoms with van der Waals surface area (Å²) in [5, 5.41) is 4.57. The zero-order valence-electron chi connectivity index (χ0n) is 11.2. The van der Waals surface area contributed by atoms with Crippen molar-refractivity contribution in [2.24, 2.45) is 0 Å². The topological polar surface area (TPSA) is 37.8 Å². The summed E-state index contributed by atoms with van der Waals surface area (Å²) in [6.45, 7) is 9.64. The van der Waals surface area contributed by atoms with Gasteiger partial charge in [0.2, 0.25) is 0 Å². The molecule has 0 saturated carbocycles. The quantitative estimate of drug-likeness (QED) is 0.903. The van der Waals surface area contributed by atoms with Gasteiger partial charge in [0.05, 0.1) is 16.1 Å². The van der Waals surface area contributed by atoms with Crippen LogP contribution >= 0.6 is 22.7 Å². The first-order valence-corrected chi connectivity index (χ1v) is 7.89. The van der Waals surface area contributed by atoms with Crippen LogP contribution in [0.1, 0.15) is 44.2 Å². The van der Waals surface area contributed by atoms with Crippen LogP contribution in [-0.2, 0) is 6.54 Å². The molecule has 2 aromatic rings. The fourth-order valence-corrected chi connectivity index (χ4v) is 3.51. The van der Waals surface area contributed by atoms with Gasteiger partial charge in [0, 0.05) is 23.7 Å². The van der Waals surface area contributed by atoms with Crippen molar-refractivity contribution in [3.8, 4) is 9.88 Å². The summed E-state index contributed by atoms with van der Waals surface area (Å²) in [6, 6.07) is 0.499. The average molecular weight is 281 g/mol. The van der Waals surface area contributed by atoms with Crippen molar-refractivity contribution >= 4 is 22.7 Å². The monoisotopic (exact) mass is 281 g/mol. The van der Waals surface area contributed by atoms with Gasteiger partial charge in [0.1, 0.15) is 5.01 Å². The molecule has 0 fully saturated rings. The Kier molecular flexibility index (Phi) is 4.48. The summed E-state index contributed by atoms with van der Waals surface area (Å²) in [6.07, 6.45) is 1.90. The Morgan fingerprint density at radius 1 is 1.28 bits per heavy atom. The van der Waals surface area contributed by atoms with E-state index in [1.807, 2.05) is 11.7 Å². The zero-order chi connectivity index (χ0) is 13.1. The fourth-order valence-electron chi connectivity index (χ4n) is 1.66. The predicted octanol–water partition coefficient (Wildman–Crippen LogP) is 3.89. The molecule has 0 spiro atoms. The van der Waals surface area contributed by atoms with Crippen LogP contribution in [0.4, 0.5) is 0 Å². The third kappa shape index (κ3) is 3.16. The van der Waals surface area contributed by atoms with Crippen molar-refractivity contribution < 1.29 is 0 Å². The number of rotatable bonds is 5. The highest BCUT2D eigenvalue weighted by atomic mass is 32.1. The molecule has 2 aromatic heterocycles. The highest BCUT2D eigenvalue weighted by molar-refractivity contribution is 7.20. The lowest BCUT2D eigenvalue weighted by Gasteiger charge is -2.09. The van der Waals surface area contributed by atoms with E-state index in [0.29, 0.717) is 12.0 Å². The second-order valence-corrected chi connectivity index (χ2v) is 6.85. The number of nitrogens with zero attached hydrogens (tertiary/aromatic N) is 2. The Balaban J connectivity index is 2.27. The molecule has 2 heterocycles. The number of hydrogen-bond donors (Lipinski definition) is 1. The smallest absolute Gasteiger partial charge is 0.135 e. The molecule has 0 bridgehead atoms. The van der Waals surface area contributed by atoms with Crippen LogP contribution in [0.5, 0.6) is 0 Å². The summed E-state index contributed by atoms with van der Waals surface area (Å²) in [4.78, 5) is 11.4. The molecule has 0 saturated heterocycles. The van der Waals surface area contributed by atoms with E-state index in [2.05, 4.69) is 38.0 Å². The molecule has 1 N–H and O–H groups in total. The van der Waals surface area contributed by atoms with Crippen LogP contribution in [0, 0.1) is 0 Å². The molecule has 18 heavy (non-hydrogen) atoms. The van der Waals surface area contributed by atoms with E-state index in [1.165, 1.54) is 10.6 Å². The number of nitrogens with one attached hydrogen (secondary N) is 1. The van der Waals surface area contributed by atoms with Crippen molar-refractivity contribution in [1.29, 1.82) is 0 Å². The largest absolute Gasteiger partial charge is 0.310 e. The lowest BCUT2D eigenvalue weighted by atomic mass is 10.1. The maximum absolute atomic E-state index is 4.78. The summed E-state index contributed by atoms with van der Waals surface area (Å²) >= 11 is 3.43. The maximum Gasteiger partial charge on any atom is 0.135 e. The Labute approximate surface area is 116 Å². The van der Waals surface area contributed by atoms with Gasteiger partial charge in [-0.15, -0.1) is 22.7 Å². The Bertz CT molecular complexity index is 486. The molecular formula is C13H19N3S2. The number of thiazole rings is 2. The zero-order valence-corrected chi connectivity index (χ0v) is 12.9. The van der Waals surface area contributed by atoms with Crippen molar-refractivity contribution in [3.63, 3.8) is 0 Å². The van der Waals surface area contributed by atoms with Crippen molar-refractivity contribution in [2.75, 3.05) is 0 Å².